The van der Waals surface area contributed by atoms with Gasteiger partial charge in [0.05, 0.1) is 17.5 Å². The van der Waals surface area contributed by atoms with Crippen LogP contribution in [0.1, 0.15) is 33.1 Å². The van der Waals surface area contributed by atoms with E-state index in [0.29, 0.717) is 5.92 Å². The number of amides is 1. The number of thioether (sulfide) groups is 1. The molecule has 5 N–H and O–H groups in total. The van der Waals surface area contributed by atoms with Crippen molar-refractivity contribution in [1.82, 2.24) is 10.6 Å². The van der Waals surface area contributed by atoms with Crippen molar-refractivity contribution in [1.29, 1.82) is 0 Å². The zero-order chi connectivity index (χ0) is 19.4. The summed E-state index contributed by atoms with van der Waals surface area (Å²) in [5.74, 6) is 0.325. The van der Waals surface area contributed by atoms with Crippen molar-refractivity contribution in [2.75, 3.05) is 12.8 Å². The van der Waals surface area contributed by atoms with Gasteiger partial charge in [-0.2, -0.15) is 0 Å². The molecule has 0 aromatic rings. The van der Waals surface area contributed by atoms with E-state index in [1.54, 1.807) is 13.2 Å². The molecule has 0 radical (unpaired) electrons. The maximum atomic E-state index is 12.7. The Kier molecular flexibility index (Phi) is 10.7. The Labute approximate surface area is 176 Å². The van der Waals surface area contributed by atoms with Crippen LogP contribution in [0.3, 0.4) is 0 Å². The zero-order valence-corrected chi connectivity index (χ0v) is 18.3. The summed E-state index contributed by atoms with van der Waals surface area (Å²) in [4.78, 5) is 12.7. The van der Waals surface area contributed by atoms with Gasteiger partial charge in [-0.3, -0.25) is 4.79 Å². The molecule has 0 unspecified atom stereocenters. The molecule has 2 saturated heterocycles. The quantitative estimate of drug-likeness (QED) is 0.377. The number of piperidine rings is 1. The Morgan fingerprint density at radius 2 is 2.00 bits per heavy atom. The molecule has 2 fully saturated rings. The number of hydrogen-bond acceptors (Lipinski definition) is 7. The van der Waals surface area contributed by atoms with E-state index in [-0.39, 0.29) is 24.4 Å². The van der Waals surface area contributed by atoms with E-state index in [1.807, 2.05) is 0 Å². The van der Waals surface area contributed by atoms with Crippen molar-refractivity contribution in [2.45, 2.75) is 80.4 Å². The summed E-state index contributed by atoms with van der Waals surface area (Å²) in [6.45, 7) is 4.62. The fourth-order valence-electron chi connectivity index (χ4n) is 3.66. The third-order valence-electron chi connectivity index (χ3n) is 5.40. The first kappa shape index (κ1) is 25.2. The van der Waals surface area contributed by atoms with E-state index < -0.39 is 41.3 Å². The van der Waals surface area contributed by atoms with Crippen LogP contribution in [0.15, 0.2) is 0 Å². The lowest BCUT2D eigenvalue weighted by atomic mass is 9.89. The van der Waals surface area contributed by atoms with Crippen molar-refractivity contribution in [3.05, 3.63) is 0 Å². The highest BCUT2D eigenvalue weighted by Crippen LogP contribution is 2.30. The Morgan fingerprint density at radius 1 is 1.33 bits per heavy atom. The number of carbonyl (C=O) groups excluding carboxylic acids is 1. The van der Waals surface area contributed by atoms with Gasteiger partial charge >= 0.3 is 0 Å². The highest BCUT2D eigenvalue weighted by atomic mass is 35.5. The molecule has 160 valence electrons. The second kappa shape index (κ2) is 11.4. The van der Waals surface area contributed by atoms with Gasteiger partial charge in [-0.15, -0.1) is 35.8 Å². The minimum atomic E-state index is -1.36. The molecule has 27 heavy (non-hydrogen) atoms. The summed E-state index contributed by atoms with van der Waals surface area (Å²) in [6.07, 6.45) is -0.236. The first-order chi connectivity index (χ1) is 12.3. The number of rotatable bonds is 6. The van der Waals surface area contributed by atoms with E-state index in [0.717, 1.165) is 25.8 Å². The molecule has 0 aromatic carbocycles. The monoisotopic (exact) mass is 446 g/mol. The molecule has 2 heterocycles. The smallest absolute Gasteiger partial charge is 0.237 e. The summed E-state index contributed by atoms with van der Waals surface area (Å²) in [5.41, 5.74) is -0.703. The first-order valence-corrected chi connectivity index (χ1v) is 10.9. The molecule has 2 aliphatic heterocycles. The normalized spacial score (nSPS) is 39.1. The van der Waals surface area contributed by atoms with Crippen LogP contribution in [0.25, 0.3) is 0 Å². The van der Waals surface area contributed by atoms with Crippen molar-refractivity contribution in [2.24, 2.45) is 5.92 Å². The maximum absolute atomic E-state index is 12.7. The zero-order valence-electron chi connectivity index (χ0n) is 15.9. The summed E-state index contributed by atoms with van der Waals surface area (Å²) in [7, 11) is 0. The van der Waals surface area contributed by atoms with E-state index >= 15 is 0 Å². The summed E-state index contributed by atoms with van der Waals surface area (Å²) >= 11 is 7.51. The Balaban J connectivity index is 0.00000364. The van der Waals surface area contributed by atoms with E-state index in [1.165, 1.54) is 11.8 Å². The number of aliphatic hydroxyl groups excluding tert-OH is 3. The fraction of sp³-hybridized carbons (Fsp3) is 0.941. The van der Waals surface area contributed by atoms with E-state index in [2.05, 4.69) is 17.6 Å². The topological polar surface area (TPSA) is 111 Å². The van der Waals surface area contributed by atoms with Crippen LogP contribution in [0.4, 0.5) is 0 Å². The molecule has 10 heteroatoms. The Bertz CT molecular complexity index is 475. The van der Waals surface area contributed by atoms with Gasteiger partial charge < -0.3 is 30.7 Å². The van der Waals surface area contributed by atoms with Crippen LogP contribution in [0.5, 0.6) is 0 Å². The third-order valence-corrected chi connectivity index (χ3v) is 6.53. The van der Waals surface area contributed by atoms with Gasteiger partial charge in [0.1, 0.15) is 29.9 Å². The average Bonchev–Trinajstić information content (AvgIpc) is 2.64. The van der Waals surface area contributed by atoms with Gasteiger partial charge in [0, 0.05) is 0 Å². The van der Waals surface area contributed by atoms with Gasteiger partial charge in [-0.1, -0.05) is 13.3 Å². The predicted molar refractivity (Wildman–Crippen MR) is 109 cm³/mol. The summed E-state index contributed by atoms with van der Waals surface area (Å²) in [6, 6.07) is -1.00. The molecule has 9 atom stereocenters. The minimum absolute atomic E-state index is 0. The molecule has 0 aromatic heterocycles. The van der Waals surface area contributed by atoms with Crippen molar-refractivity contribution >= 4 is 41.7 Å². The Hall–Kier alpha value is 0.200. The predicted octanol–water partition coefficient (Wildman–Crippen LogP) is 0.469. The number of halogens is 2. The average molecular weight is 447 g/mol. The number of nitrogens with one attached hydrogen (secondary N) is 2. The first-order valence-electron chi connectivity index (χ1n) is 9.20. The van der Waals surface area contributed by atoms with Crippen LogP contribution in [-0.2, 0) is 9.53 Å². The highest BCUT2D eigenvalue weighted by Gasteiger charge is 2.48. The van der Waals surface area contributed by atoms with Crippen LogP contribution in [0.2, 0.25) is 0 Å². The van der Waals surface area contributed by atoms with E-state index in [9.17, 15) is 20.1 Å². The third kappa shape index (κ3) is 6.09. The molecule has 0 bridgehead atoms. The number of hydrogen-bond donors (Lipinski definition) is 5. The van der Waals surface area contributed by atoms with Gasteiger partial charge in [-0.25, -0.2) is 0 Å². The van der Waals surface area contributed by atoms with Crippen LogP contribution >= 0.6 is 35.8 Å². The molecule has 0 spiro atoms. The molecule has 0 saturated carbocycles. The Morgan fingerprint density at radius 3 is 2.56 bits per heavy atom. The minimum Gasteiger partial charge on any atom is -0.388 e. The maximum Gasteiger partial charge on any atom is 0.237 e. The van der Waals surface area contributed by atoms with E-state index in [4.69, 9.17) is 16.3 Å². The lowest BCUT2D eigenvalue weighted by Crippen LogP contribution is -2.65. The molecule has 2 aliphatic rings. The molecular weight excluding hydrogens is 415 g/mol. The van der Waals surface area contributed by atoms with Gasteiger partial charge in [-0.05, 0) is 38.5 Å². The van der Waals surface area contributed by atoms with Gasteiger partial charge in [0.15, 0.2) is 0 Å². The standard InChI is InChI=1S/C17H31ClN2O5S.ClH/c1-4-9-5-6-19-10(7-9)16(24)20-11(8(2)18)15-13(22)12(21)14(23)17(25-15)26-3;/h8-15,17,19,21-23H,4-7H2,1-3H3,(H,20,24);1H/t8-,9-,10+,11-,12+,13-,14-,15-,17-;/m1./s1. The number of carbonyl (C=O) groups is 1. The molecule has 1 amide bonds. The number of aliphatic hydroxyl groups is 3. The van der Waals surface area contributed by atoms with Gasteiger partial charge in [0.25, 0.3) is 0 Å². The van der Waals surface area contributed by atoms with Crippen LogP contribution in [0, 0.1) is 5.92 Å². The second-order valence-corrected chi connectivity index (χ2v) is 8.82. The SMILES string of the molecule is CC[C@@H]1CCN[C@H](C(=O)N[C@@H]([C@H]2O[C@H](SC)[C@H](O)[C@@H](O)[C@H]2O)[C@@H](C)Cl)C1.Cl. The number of ether oxygens (including phenoxy) is 1. The van der Waals surface area contributed by atoms with Crippen LogP contribution in [-0.4, -0.2) is 81.3 Å². The largest absolute Gasteiger partial charge is 0.388 e. The van der Waals surface area contributed by atoms with Gasteiger partial charge in [0.2, 0.25) is 5.91 Å². The lowest BCUT2D eigenvalue weighted by molar-refractivity contribution is -0.205. The van der Waals surface area contributed by atoms with Crippen molar-refractivity contribution in [3.63, 3.8) is 0 Å². The lowest BCUT2D eigenvalue weighted by Gasteiger charge is -2.44. The molecule has 2 rings (SSSR count). The second-order valence-electron chi connectivity index (χ2n) is 7.19. The van der Waals surface area contributed by atoms with Crippen molar-refractivity contribution < 1.29 is 24.9 Å². The summed E-state index contributed by atoms with van der Waals surface area (Å²) in [5, 5.41) is 36.1. The molecule has 7 nitrogen and oxygen atoms in total. The fourth-order valence-corrected chi connectivity index (χ4v) is 4.54. The highest BCUT2D eigenvalue weighted by molar-refractivity contribution is 7.99. The summed E-state index contributed by atoms with van der Waals surface area (Å²) < 4.78 is 5.77. The van der Waals surface area contributed by atoms with Crippen molar-refractivity contribution in [3.8, 4) is 0 Å². The molecule has 0 aliphatic carbocycles. The molecular formula is C17H32Cl2N2O5S. The van der Waals surface area contributed by atoms with Crippen LogP contribution < -0.4 is 10.6 Å². The number of alkyl halides is 1.